The Morgan fingerprint density at radius 2 is 1.96 bits per heavy atom. The Labute approximate surface area is 161 Å². The Balaban J connectivity index is 1.31. The molecule has 1 saturated carbocycles. The molecule has 1 aliphatic heterocycles. The summed E-state index contributed by atoms with van der Waals surface area (Å²) in [4.78, 5) is 13.5. The molecule has 1 heterocycles. The van der Waals surface area contributed by atoms with E-state index in [-0.39, 0.29) is 16.8 Å². The second kappa shape index (κ2) is 8.14. The second-order valence-corrected chi connectivity index (χ2v) is 10.6. The number of ether oxygens (including phenoxy) is 1. The summed E-state index contributed by atoms with van der Waals surface area (Å²) in [6, 6.07) is 0. The van der Waals surface area contributed by atoms with Crippen molar-refractivity contribution in [1.82, 2.24) is 4.90 Å². The molecule has 1 saturated heterocycles. The molecule has 0 aromatic carbocycles. The molecule has 0 aromatic heterocycles. The molecule has 0 aromatic rings. The topological polar surface area (TPSA) is 46.6 Å². The summed E-state index contributed by atoms with van der Waals surface area (Å²) in [5, 5.41) is 0.201. The summed E-state index contributed by atoms with van der Waals surface area (Å²) in [5.74, 6) is 1.08. The van der Waals surface area contributed by atoms with E-state index in [9.17, 15) is 9.00 Å². The molecular weight excluding hydrogens is 346 g/mol. The van der Waals surface area contributed by atoms with Crippen LogP contribution in [0.15, 0.2) is 12.2 Å². The smallest absolute Gasteiger partial charge is 0.219 e. The number of hydrogen-bond acceptors (Lipinski definition) is 3. The molecule has 1 spiro atoms. The van der Waals surface area contributed by atoms with Crippen molar-refractivity contribution in [2.45, 2.75) is 76.1 Å². The molecule has 2 unspecified atom stereocenters. The van der Waals surface area contributed by atoms with Crippen molar-refractivity contribution in [2.75, 3.05) is 26.0 Å². The molecule has 3 atom stereocenters. The van der Waals surface area contributed by atoms with Crippen molar-refractivity contribution in [3.8, 4) is 0 Å². The Morgan fingerprint density at radius 1 is 1.27 bits per heavy atom. The minimum atomic E-state index is -0.767. The van der Waals surface area contributed by atoms with Crippen molar-refractivity contribution in [1.29, 1.82) is 0 Å². The Kier molecular flexibility index (Phi) is 6.28. The van der Waals surface area contributed by atoms with E-state index < -0.39 is 10.8 Å². The summed E-state index contributed by atoms with van der Waals surface area (Å²) in [7, 11) is -0.767. The van der Waals surface area contributed by atoms with Gasteiger partial charge in [0.25, 0.3) is 0 Å². The molecule has 0 N–H and O–H groups in total. The van der Waals surface area contributed by atoms with Crippen LogP contribution in [0.3, 0.4) is 0 Å². The lowest BCUT2D eigenvalue weighted by Gasteiger charge is -2.52. The molecular formula is C21H35NO3S. The van der Waals surface area contributed by atoms with Gasteiger partial charge in [-0.25, -0.2) is 0 Å². The molecule has 26 heavy (non-hydrogen) atoms. The van der Waals surface area contributed by atoms with Gasteiger partial charge in [0.05, 0.1) is 10.9 Å². The van der Waals surface area contributed by atoms with Crippen LogP contribution in [0.2, 0.25) is 0 Å². The number of piperidine rings is 1. The molecule has 2 aliphatic carbocycles. The van der Waals surface area contributed by atoms with Crippen LogP contribution in [-0.2, 0) is 20.3 Å². The lowest BCUT2D eigenvalue weighted by atomic mass is 9.56. The van der Waals surface area contributed by atoms with Crippen molar-refractivity contribution in [3.63, 3.8) is 0 Å². The average Bonchev–Trinajstić information content (AvgIpc) is 2.57. The van der Waals surface area contributed by atoms with E-state index in [1.54, 1.807) is 13.2 Å². The molecule has 3 rings (SSSR count). The zero-order valence-corrected chi connectivity index (χ0v) is 17.5. The van der Waals surface area contributed by atoms with Crippen LogP contribution < -0.4 is 0 Å². The maximum absolute atomic E-state index is 11.6. The Morgan fingerprint density at radius 3 is 2.50 bits per heavy atom. The van der Waals surface area contributed by atoms with Gasteiger partial charge in [-0.05, 0) is 69.6 Å². The molecule has 3 aliphatic rings. The van der Waals surface area contributed by atoms with E-state index in [1.807, 2.05) is 4.90 Å². The van der Waals surface area contributed by atoms with Gasteiger partial charge < -0.3 is 9.64 Å². The number of carbonyl (C=O) groups is 1. The maximum atomic E-state index is 11.6. The first-order valence-corrected chi connectivity index (χ1v) is 11.8. The van der Waals surface area contributed by atoms with Crippen molar-refractivity contribution < 1.29 is 13.7 Å². The van der Waals surface area contributed by atoms with E-state index in [0.717, 1.165) is 44.9 Å². The Hall–Kier alpha value is -0.680. The fraction of sp³-hybridized carbons (Fsp3) is 0.857. The van der Waals surface area contributed by atoms with Gasteiger partial charge in [0, 0.05) is 43.7 Å². The summed E-state index contributed by atoms with van der Waals surface area (Å²) in [6.07, 6.45) is 15.4. The molecule has 0 bridgehead atoms. The van der Waals surface area contributed by atoms with Gasteiger partial charge in [-0.15, -0.1) is 0 Å². The third kappa shape index (κ3) is 4.78. The standard InChI is InChI=1S/C21H35NO3S/c1-17(23)22-12-10-21(11-13-22)15-18(16-21)5-4-14-25-20(2)8-6-19(7-9-20)26(3)24/h6,8,18-19H,4-5,7,9-16H2,1-3H3/t19?,20-,26?/m0/s1. The highest BCUT2D eigenvalue weighted by Crippen LogP contribution is 2.54. The molecule has 4 nitrogen and oxygen atoms in total. The van der Waals surface area contributed by atoms with Crippen LogP contribution >= 0.6 is 0 Å². The number of amides is 1. The average molecular weight is 382 g/mol. The van der Waals surface area contributed by atoms with Crippen LogP contribution in [0.25, 0.3) is 0 Å². The number of likely N-dealkylation sites (tertiary alicyclic amines) is 1. The van der Waals surface area contributed by atoms with Crippen LogP contribution in [0.4, 0.5) is 0 Å². The summed E-state index contributed by atoms with van der Waals surface area (Å²) in [5.41, 5.74) is 0.372. The van der Waals surface area contributed by atoms with Crippen LogP contribution in [-0.4, -0.2) is 51.8 Å². The monoisotopic (exact) mass is 381 g/mol. The minimum absolute atomic E-state index is 0.170. The van der Waals surface area contributed by atoms with E-state index in [2.05, 4.69) is 19.1 Å². The fourth-order valence-electron chi connectivity index (χ4n) is 5.07. The largest absolute Gasteiger partial charge is 0.371 e. The SMILES string of the molecule is CC(=O)N1CCC2(CC1)CC(CCCO[C@@]1(C)C=CC(S(C)=O)CC1)C2. The molecule has 2 fully saturated rings. The Bertz CT molecular complexity index is 560. The summed E-state index contributed by atoms with van der Waals surface area (Å²) in [6.45, 7) is 6.58. The highest BCUT2D eigenvalue weighted by atomic mass is 32.2. The molecule has 5 heteroatoms. The van der Waals surface area contributed by atoms with Crippen LogP contribution in [0.1, 0.15) is 65.2 Å². The minimum Gasteiger partial charge on any atom is -0.371 e. The second-order valence-electron chi connectivity index (χ2n) is 9.02. The van der Waals surface area contributed by atoms with E-state index in [0.29, 0.717) is 5.41 Å². The molecule has 1 amide bonds. The van der Waals surface area contributed by atoms with Gasteiger partial charge in [-0.3, -0.25) is 9.00 Å². The van der Waals surface area contributed by atoms with Gasteiger partial charge in [0.2, 0.25) is 5.91 Å². The van der Waals surface area contributed by atoms with Gasteiger partial charge >= 0.3 is 0 Å². The zero-order chi connectivity index (χ0) is 18.8. The summed E-state index contributed by atoms with van der Waals surface area (Å²) >= 11 is 0. The van der Waals surface area contributed by atoms with Crippen LogP contribution in [0, 0.1) is 11.3 Å². The number of nitrogens with zero attached hydrogens (tertiary/aromatic N) is 1. The van der Waals surface area contributed by atoms with Crippen molar-refractivity contribution in [3.05, 3.63) is 12.2 Å². The molecule has 0 radical (unpaired) electrons. The first-order chi connectivity index (χ1) is 12.3. The van der Waals surface area contributed by atoms with Gasteiger partial charge in [-0.2, -0.15) is 0 Å². The third-order valence-electron chi connectivity index (χ3n) is 6.92. The normalized spacial score (nSPS) is 32.4. The van der Waals surface area contributed by atoms with E-state index in [4.69, 9.17) is 4.74 Å². The first-order valence-electron chi connectivity index (χ1n) is 10.2. The number of rotatable bonds is 6. The lowest BCUT2D eigenvalue weighted by molar-refractivity contribution is -0.133. The highest BCUT2D eigenvalue weighted by Gasteiger charge is 2.45. The van der Waals surface area contributed by atoms with Gasteiger partial charge in [0.1, 0.15) is 0 Å². The third-order valence-corrected chi connectivity index (χ3v) is 8.16. The van der Waals surface area contributed by atoms with E-state index in [1.165, 1.54) is 32.1 Å². The number of hydrogen-bond donors (Lipinski definition) is 0. The van der Waals surface area contributed by atoms with Crippen molar-refractivity contribution >= 4 is 16.7 Å². The lowest BCUT2D eigenvalue weighted by Crippen LogP contribution is -2.48. The number of carbonyl (C=O) groups excluding carboxylic acids is 1. The van der Waals surface area contributed by atoms with Crippen LogP contribution in [0.5, 0.6) is 0 Å². The van der Waals surface area contributed by atoms with Gasteiger partial charge in [0.15, 0.2) is 0 Å². The summed E-state index contributed by atoms with van der Waals surface area (Å²) < 4.78 is 17.7. The predicted molar refractivity (Wildman–Crippen MR) is 106 cm³/mol. The highest BCUT2D eigenvalue weighted by molar-refractivity contribution is 7.85. The quantitative estimate of drug-likeness (QED) is 0.521. The van der Waals surface area contributed by atoms with Gasteiger partial charge in [-0.1, -0.05) is 12.2 Å². The maximum Gasteiger partial charge on any atom is 0.219 e. The fourth-order valence-corrected chi connectivity index (χ4v) is 5.82. The van der Waals surface area contributed by atoms with E-state index >= 15 is 0 Å². The molecule has 148 valence electrons. The predicted octanol–water partition coefficient (Wildman–Crippen LogP) is 3.68. The first kappa shape index (κ1) is 20.1. The van der Waals surface area contributed by atoms with Crippen molar-refractivity contribution in [2.24, 2.45) is 11.3 Å². The zero-order valence-electron chi connectivity index (χ0n) is 16.7.